The van der Waals surface area contributed by atoms with Crippen LogP contribution in [0.3, 0.4) is 0 Å². The number of rotatable bonds is 6. The van der Waals surface area contributed by atoms with Crippen LogP contribution in [-0.4, -0.2) is 19.0 Å². The second kappa shape index (κ2) is 7.22. The first-order valence-corrected chi connectivity index (χ1v) is 6.82. The molecule has 5 heteroatoms. The average Bonchev–Trinajstić information content (AvgIpc) is 2.35. The number of halogens is 2. The van der Waals surface area contributed by atoms with Gasteiger partial charge in [-0.3, -0.25) is 4.79 Å². The van der Waals surface area contributed by atoms with E-state index < -0.39 is 17.5 Å². The number of carbonyl (C=O) groups excluding carboxylic acids is 1. The molecule has 0 bridgehead atoms. The number of amides is 1. The molecule has 1 atom stereocenters. The van der Waals surface area contributed by atoms with E-state index in [1.807, 2.05) is 6.92 Å². The Morgan fingerprint density at radius 1 is 1.15 bits per heavy atom. The maximum Gasteiger partial charge on any atom is 0.251 e. The molecular formula is C15H22F2N2O. The number of hydrogen-bond acceptors (Lipinski definition) is 2. The summed E-state index contributed by atoms with van der Waals surface area (Å²) in [7, 11) is 1.43. The van der Waals surface area contributed by atoms with Crippen LogP contribution in [0.1, 0.15) is 44.0 Å². The van der Waals surface area contributed by atoms with Crippen molar-refractivity contribution in [3.8, 4) is 0 Å². The fourth-order valence-corrected chi connectivity index (χ4v) is 1.91. The molecular weight excluding hydrogens is 262 g/mol. The largest absolute Gasteiger partial charge is 0.383 e. The monoisotopic (exact) mass is 284 g/mol. The van der Waals surface area contributed by atoms with Gasteiger partial charge in [0.15, 0.2) is 0 Å². The molecule has 20 heavy (non-hydrogen) atoms. The lowest BCUT2D eigenvalue weighted by molar-refractivity contribution is 0.0936. The van der Waals surface area contributed by atoms with Gasteiger partial charge in [0.25, 0.3) is 5.91 Å². The highest BCUT2D eigenvalue weighted by atomic mass is 19.1. The van der Waals surface area contributed by atoms with Gasteiger partial charge in [0.1, 0.15) is 17.3 Å². The summed E-state index contributed by atoms with van der Waals surface area (Å²) >= 11 is 0. The quantitative estimate of drug-likeness (QED) is 0.838. The van der Waals surface area contributed by atoms with Gasteiger partial charge in [0.2, 0.25) is 0 Å². The van der Waals surface area contributed by atoms with Crippen molar-refractivity contribution >= 4 is 11.6 Å². The van der Waals surface area contributed by atoms with E-state index in [0.717, 1.165) is 25.0 Å². The SMILES string of the molecule is CNc1c(F)cc(C(=O)NC(C)CCC(C)C)cc1F. The molecule has 0 aliphatic carbocycles. The molecule has 1 rings (SSSR count). The van der Waals surface area contributed by atoms with Crippen molar-refractivity contribution in [2.24, 2.45) is 5.92 Å². The van der Waals surface area contributed by atoms with Crippen LogP contribution in [0, 0.1) is 17.6 Å². The molecule has 0 saturated carbocycles. The predicted octanol–water partition coefficient (Wildman–Crippen LogP) is 3.56. The summed E-state index contributed by atoms with van der Waals surface area (Å²) in [5.41, 5.74) is -0.232. The lowest BCUT2D eigenvalue weighted by Crippen LogP contribution is -2.32. The van der Waals surface area contributed by atoms with E-state index in [1.54, 1.807) is 0 Å². The van der Waals surface area contributed by atoms with Crippen molar-refractivity contribution in [1.82, 2.24) is 5.32 Å². The van der Waals surface area contributed by atoms with Crippen LogP contribution in [0.5, 0.6) is 0 Å². The van der Waals surface area contributed by atoms with Crippen molar-refractivity contribution < 1.29 is 13.6 Å². The van der Waals surface area contributed by atoms with Gasteiger partial charge in [-0.05, 0) is 37.8 Å². The Morgan fingerprint density at radius 2 is 1.70 bits per heavy atom. The second-order valence-electron chi connectivity index (χ2n) is 5.41. The Hall–Kier alpha value is -1.65. The fourth-order valence-electron chi connectivity index (χ4n) is 1.91. The third-order valence-electron chi connectivity index (χ3n) is 3.11. The lowest BCUT2D eigenvalue weighted by Gasteiger charge is -2.15. The highest BCUT2D eigenvalue weighted by Gasteiger charge is 2.16. The molecule has 0 heterocycles. The smallest absolute Gasteiger partial charge is 0.251 e. The Balaban J connectivity index is 2.73. The van der Waals surface area contributed by atoms with Gasteiger partial charge in [-0.2, -0.15) is 0 Å². The zero-order valence-electron chi connectivity index (χ0n) is 12.4. The Bertz CT molecular complexity index is 452. The molecule has 1 amide bonds. The Morgan fingerprint density at radius 3 is 2.15 bits per heavy atom. The van der Waals surface area contributed by atoms with Crippen LogP contribution in [0.15, 0.2) is 12.1 Å². The molecule has 1 aromatic carbocycles. The average molecular weight is 284 g/mol. The number of hydrogen-bond donors (Lipinski definition) is 2. The second-order valence-corrected chi connectivity index (χ2v) is 5.41. The standard InChI is InChI=1S/C15H22F2N2O/c1-9(2)5-6-10(3)19-15(20)11-7-12(16)14(18-4)13(17)8-11/h7-10,18H,5-6H2,1-4H3,(H,19,20). The molecule has 112 valence electrons. The number of anilines is 1. The van der Waals surface area contributed by atoms with E-state index in [9.17, 15) is 13.6 Å². The van der Waals surface area contributed by atoms with Crippen LogP contribution in [0.25, 0.3) is 0 Å². The van der Waals surface area contributed by atoms with Crippen molar-refractivity contribution in [3.63, 3.8) is 0 Å². The van der Waals surface area contributed by atoms with Crippen LogP contribution in [0.4, 0.5) is 14.5 Å². The van der Waals surface area contributed by atoms with Gasteiger partial charge >= 0.3 is 0 Å². The minimum absolute atomic E-state index is 0.00426. The normalized spacial score (nSPS) is 12.3. The van der Waals surface area contributed by atoms with Crippen molar-refractivity contribution in [2.45, 2.75) is 39.7 Å². The number of carbonyl (C=O) groups is 1. The van der Waals surface area contributed by atoms with E-state index in [2.05, 4.69) is 24.5 Å². The van der Waals surface area contributed by atoms with E-state index >= 15 is 0 Å². The highest BCUT2D eigenvalue weighted by molar-refractivity contribution is 5.94. The highest BCUT2D eigenvalue weighted by Crippen LogP contribution is 2.20. The molecule has 0 fully saturated rings. The summed E-state index contributed by atoms with van der Waals surface area (Å²) in [6.45, 7) is 6.10. The van der Waals surface area contributed by atoms with Crippen molar-refractivity contribution in [1.29, 1.82) is 0 Å². The van der Waals surface area contributed by atoms with Crippen LogP contribution < -0.4 is 10.6 Å². The van der Waals surface area contributed by atoms with Crippen molar-refractivity contribution in [2.75, 3.05) is 12.4 Å². The summed E-state index contributed by atoms with van der Waals surface area (Å²) in [4.78, 5) is 11.9. The molecule has 2 N–H and O–H groups in total. The van der Waals surface area contributed by atoms with E-state index in [1.165, 1.54) is 7.05 Å². The van der Waals surface area contributed by atoms with E-state index in [-0.39, 0.29) is 17.3 Å². The van der Waals surface area contributed by atoms with Gasteiger partial charge in [0, 0.05) is 18.7 Å². The molecule has 0 aliphatic heterocycles. The third-order valence-corrected chi connectivity index (χ3v) is 3.11. The minimum atomic E-state index is -0.771. The van der Waals surface area contributed by atoms with Gasteiger partial charge in [0.05, 0.1) is 0 Å². The summed E-state index contributed by atoms with van der Waals surface area (Å²) in [5, 5.41) is 5.17. The first kappa shape index (κ1) is 16.4. The molecule has 0 saturated heterocycles. The summed E-state index contributed by atoms with van der Waals surface area (Å²) < 4.78 is 27.2. The molecule has 0 aromatic heterocycles. The maximum absolute atomic E-state index is 13.6. The fraction of sp³-hybridized carbons (Fsp3) is 0.533. The van der Waals surface area contributed by atoms with Crippen molar-refractivity contribution in [3.05, 3.63) is 29.3 Å². The molecule has 3 nitrogen and oxygen atoms in total. The van der Waals surface area contributed by atoms with Gasteiger partial charge in [-0.15, -0.1) is 0 Å². The predicted molar refractivity (Wildman–Crippen MR) is 76.9 cm³/mol. The maximum atomic E-state index is 13.6. The van der Waals surface area contributed by atoms with Gasteiger partial charge < -0.3 is 10.6 Å². The van der Waals surface area contributed by atoms with E-state index in [4.69, 9.17) is 0 Å². The number of nitrogens with one attached hydrogen (secondary N) is 2. The summed E-state index contributed by atoms with van der Waals surface area (Å²) in [6.07, 6.45) is 1.83. The Labute approximate surface area is 118 Å². The summed E-state index contributed by atoms with van der Waals surface area (Å²) in [5.74, 6) is -1.44. The van der Waals surface area contributed by atoms with Crippen LogP contribution in [-0.2, 0) is 0 Å². The molecule has 1 unspecified atom stereocenters. The third kappa shape index (κ3) is 4.47. The van der Waals surface area contributed by atoms with Gasteiger partial charge in [-0.1, -0.05) is 13.8 Å². The summed E-state index contributed by atoms with van der Waals surface area (Å²) in [6, 6.07) is 2.05. The number of benzene rings is 1. The molecule has 0 spiro atoms. The molecule has 0 aliphatic rings. The topological polar surface area (TPSA) is 41.1 Å². The molecule has 0 radical (unpaired) electrons. The zero-order chi connectivity index (χ0) is 15.3. The molecule has 1 aromatic rings. The first-order valence-electron chi connectivity index (χ1n) is 6.82. The zero-order valence-corrected chi connectivity index (χ0v) is 12.4. The Kier molecular flexibility index (Phi) is 5.92. The van der Waals surface area contributed by atoms with E-state index in [0.29, 0.717) is 5.92 Å². The van der Waals surface area contributed by atoms with Crippen LogP contribution >= 0.6 is 0 Å². The van der Waals surface area contributed by atoms with Gasteiger partial charge in [-0.25, -0.2) is 8.78 Å². The minimum Gasteiger partial charge on any atom is -0.383 e. The van der Waals surface area contributed by atoms with Crippen LogP contribution in [0.2, 0.25) is 0 Å². The lowest BCUT2D eigenvalue weighted by atomic mass is 10.0. The first-order chi connectivity index (χ1) is 9.35.